The van der Waals surface area contributed by atoms with Gasteiger partial charge in [-0.1, -0.05) is 36.0 Å². The van der Waals surface area contributed by atoms with Gasteiger partial charge in [0.1, 0.15) is 0 Å². The molecular formula is C18H18N4OS2. The van der Waals surface area contributed by atoms with Gasteiger partial charge in [-0.25, -0.2) is 4.98 Å². The van der Waals surface area contributed by atoms with Gasteiger partial charge < -0.3 is 5.32 Å². The molecule has 2 heterocycles. The normalized spacial score (nSPS) is 17.0. The lowest BCUT2D eigenvalue weighted by Crippen LogP contribution is -2.24. The van der Waals surface area contributed by atoms with Crippen LogP contribution in [0.1, 0.15) is 18.0 Å². The lowest BCUT2D eigenvalue weighted by molar-refractivity contribution is -0.113. The summed E-state index contributed by atoms with van der Waals surface area (Å²) in [6, 6.07) is 16.3. The maximum absolute atomic E-state index is 12.3. The number of fused-ring (bicyclic) bond motifs is 1. The fraction of sp³-hybridized carbons (Fsp3) is 0.222. The summed E-state index contributed by atoms with van der Waals surface area (Å²) in [7, 11) is 0. The van der Waals surface area contributed by atoms with Crippen LogP contribution >= 0.6 is 23.1 Å². The summed E-state index contributed by atoms with van der Waals surface area (Å²) in [4.78, 5) is 16.8. The average Bonchev–Trinajstić information content (AvgIpc) is 3.29. The highest BCUT2D eigenvalue weighted by Crippen LogP contribution is 2.29. The smallest absolute Gasteiger partial charge is 0.234 e. The quantitative estimate of drug-likeness (QED) is 0.599. The SMILES string of the molecule is O=C(CSc1nc2ccccc2s1)Nc1cccc(C2CCNN2)c1. The third-order valence-corrected chi connectivity index (χ3v) is 6.19. The molecule has 2 aromatic carbocycles. The van der Waals surface area contributed by atoms with E-state index in [1.807, 2.05) is 36.4 Å². The van der Waals surface area contributed by atoms with Crippen LogP contribution in [-0.4, -0.2) is 23.2 Å². The first kappa shape index (κ1) is 16.5. The van der Waals surface area contributed by atoms with E-state index in [-0.39, 0.29) is 5.91 Å². The molecule has 1 unspecified atom stereocenters. The van der Waals surface area contributed by atoms with Crippen LogP contribution in [0.2, 0.25) is 0 Å². The summed E-state index contributed by atoms with van der Waals surface area (Å²) in [6.45, 7) is 0.958. The van der Waals surface area contributed by atoms with Gasteiger partial charge in [-0.15, -0.1) is 11.3 Å². The number of hydrogen-bond donors (Lipinski definition) is 3. The number of nitrogens with one attached hydrogen (secondary N) is 3. The number of carbonyl (C=O) groups excluding carboxylic acids is 1. The molecule has 7 heteroatoms. The number of thiazole rings is 1. The summed E-state index contributed by atoms with van der Waals surface area (Å²) in [5, 5.41) is 2.98. The van der Waals surface area contributed by atoms with Gasteiger partial charge in [0.2, 0.25) is 5.91 Å². The van der Waals surface area contributed by atoms with Crippen LogP contribution in [-0.2, 0) is 4.79 Å². The van der Waals surface area contributed by atoms with E-state index < -0.39 is 0 Å². The van der Waals surface area contributed by atoms with Gasteiger partial charge in [0.25, 0.3) is 0 Å². The van der Waals surface area contributed by atoms with E-state index >= 15 is 0 Å². The number of anilines is 1. The van der Waals surface area contributed by atoms with E-state index in [0.717, 1.165) is 33.2 Å². The fourth-order valence-electron chi connectivity index (χ4n) is 2.80. The molecule has 3 N–H and O–H groups in total. The molecule has 0 spiro atoms. The predicted molar refractivity (Wildman–Crippen MR) is 104 cm³/mol. The van der Waals surface area contributed by atoms with Crippen molar-refractivity contribution >= 4 is 44.9 Å². The van der Waals surface area contributed by atoms with Gasteiger partial charge in [-0.2, -0.15) is 0 Å². The van der Waals surface area contributed by atoms with Gasteiger partial charge in [-0.3, -0.25) is 15.6 Å². The van der Waals surface area contributed by atoms with Crippen molar-refractivity contribution in [3.63, 3.8) is 0 Å². The molecule has 128 valence electrons. The van der Waals surface area contributed by atoms with Crippen LogP contribution < -0.4 is 16.2 Å². The second-order valence-electron chi connectivity index (χ2n) is 5.82. The topological polar surface area (TPSA) is 66.0 Å². The fourth-order valence-corrected chi connectivity index (χ4v) is 4.67. The van der Waals surface area contributed by atoms with E-state index in [4.69, 9.17) is 0 Å². The Bertz CT molecular complexity index is 856. The van der Waals surface area contributed by atoms with Crippen LogP contribution in [0.3, 0.4) is 0 Å². The van der Waals surface area contributed by atoms with Crippen molar-refractivity contribution in [1.82, 2.24) is 15.8 Å². The van der Waals surface area contributed by atoms with Crippen molar-refractivity contribution < 1.29 is 4.79 Å². The number of rotatable bonds is 5. The van der Waals surface area contributed by atoms with E-state index in [9.17, 15) is 4.79 Å². The Morgan fingerprint density at radius 1 is 1.28 bits per heavy atom. The van der Waals surface area contributed by atoms with Gasteiger partial charge in [0, 0.05) is 18.3 Å². The maximum Gasteiger partial charge on any atom is 0.234 e. The standard InChI is InChI=1S/C18H18N4OS2/c23-17(11-24-18-21-15-6-1-2-7-16(15)25-18)20-13-5-3-4-12(10-13)14-8-9-19-22-14/h1-7,10,14,19,22H,8-9,11H2,(H,20,23). The highest BCUT2D eigenvalue weighted by Gasteiger charge is 2.16. The highest BCUT2D eigenvalue weighted by molar-refractivity contribution is 8.01. The minimum Gasteiger partial charge on any atom is -0.325 e. The first-order chi connectivity index (χ1) is 12.3. The van der Waals surface area contributed by atoms with Crippen molar-refractivity contribution in [2.24, 2.45) is 0 Å². The lowest BCUT2D eigenvalue weighted by Gasteiger charge is -2.12. The molecule has 5 nitrogen and oxygen atoms in total. The summed E-state index contributed by atoms with van der Waals surface area (Å²) in [5.74, 6) is 0.340. The minimum absolute atomic E-state index is 0.0149. The molecule has 25 heavy (non-hydrogen) atoms. The zero-order chi connectivity index (χ0) is 17.1. The highest BCUT2D eigenvalue weighted by atomic mass is 32.2. The molecule has 0 bridgehead atoms. The summed E-state index contributed by atoms with van der Waals surface area (Å²) in [5.41, 5.74) is 9.38. The van der Waals surface area contributed by atoms with Crippen molar-refractivity contribution in [1.29, 1.82) is 0 Å². The van der Waals surface area contributed by atoms with Crippen LogP contribution in [0, 0.1) is 0 Å². The molecule has 0 saturated carbocycles. The number of para-hydroxylation sites is 1. The zero-order valence-electron chi connectivity index (χ0n) is 13.5. The Labute approximate surface area is 154 Å². The van der Waals surface area contributed by atoms with Crippen LogP contribution in [0.25, 0.3) is 10.2 Å². The summed E-state index contributed by atoms with van der Waals surface area (Å²) >= 11 is 3.10. The molecule has 1 aliphatic heterocycles. The Morgan fingerprint density at radius 2 is 2.20 bits per heavy atom. The zero-order valence-corrected chi connectivity index (χ0v) is 15.1. The van der Waals surface area contributed by atoms with Crippen molar-refractivity contribution in [2.45, 2.75) is 16.8 Å². The number of carbonyl (C=O) groups is 1. The monoisotopic (exact) mass is 370 g/mol. The summed E-state index contributed by atoms with van der Waals surface area (Å²) < 4.78 is 2.07. The molecule has 1 fully saturated rings. The Balaban J connectivity index is 1.36. The predicted octanol–water partition coefficient (Wildman–Crippen LogP) is 3.57. The number of nitrogens with zero attached hydrogens (tertiary/aromatic N) is 1. The second-order valence-corrected chi connectivity index (χ2v) is 8.08. The Morgan fingerprint density at radius 3 is 3.04 bits per heavy atom. The molecule has 0 aliphatic carbocycles. The molecule has 1 saturated heterocycles. The number of benzene rings is 2. The van der Waals surface area contributed by atoms with E-state index in [2.05, 4.69) is 33.3 Å². The van der Waals surface area contributed by atoms with Crippen LogP contribution in [0.5, 0.6) is 0 Å². The molecular weight excluding hydrogens is 352 g/mol. The molecule has 3 aromatic rings. The van der Waals surface area contributed by atoms with Crippen molar-refractivity contribution in [3.05, 3.63) is 54.1 Å². The van der Waals surface area contributed by atoms with Gasteiger partial charge >= 0.3 is 0 Å². The first-order valence-corrected chi connectivity index (χ1v) is 9.95. The number of aromatic nitrogens is 1. The van der Waals surface area contributed by atoms with Gasteiger partial charge in [0.05, 0.1) is 16.0 Å². The summed E-state index contributed by atoms with van der Waals surface area (Å²) in [6.07, 6.45) is 1.05. The average molecular weight is 371 g/mol. The number of hydrogen-bond acceptors (Lipinski definition) is 6. The van der Waals surface area contributed by atoms with E-state index in [1.165, 1.54) is 17.3 Å². The van der Waals surface area contributed by atoms with Gasteiger partial charge in [-0.05, 0) is 36.2 Å². The third kappa shape index (κ3) is 4.01. The largest absolute Gasteiger partial charge is 0.325 e. The molecule has 4 rings (SSSR count). The van der Waals surface area contributed by atoms with Gasteiger partial charge in [0.15, 0.2) is 4.34 Å². The van der Waals surface area contributed by atoms with E-state index in [1.54, 1.807) is 11.3 Å². The number of amides is 1. The van der Waals surface area contributed by atoms with Crippen LogP contribution in [0.4, 0.5) is 5.69 Å². The van der Waals surface area contributed by atoms with Crippen LogP contribution in [0.15, 0.2) is 52.9 Å². The molecule has 1 atom stereocenters. The Hall–Kier alpha value is -1.93. The van der Waals surface area contributed by atoms with Crippen molar-refractivity contribution in [3.8, 4) is 0 Å². The molecule has 0 radical (unpaired) electrons. The lowest BCUT2D eigenvalue weighted by atomic mass is 10.1. The number of thioether (sulfide) groups is 1. The first-order valence-electron chi connectivity index (χ1n) is 8.14. The van der Waals surface area contributed by atoms with Crippen molar-refractivity contribution in [2.75, 3.05) is 17.6 Å². The Kier molecular flexibility index (Phi) is 4.98. The molecule has 1 aliphatic rings. The maximum atomic E-state index is 12.3. The third-order valence-electron chi connectivity index (χ3n) is 4.01. The number of hydrazine groups is 1. The molecule has 1 aromatic heterocycles. The van der Waals surface area contributed by atoms with E-state index in [0.29, 0.717) is 11.8 Å². The minimum atomic E-state index is -0.0149. The second kappa shape index (κ2) is 7.53. The molecule has 1 amide bonds.